The first-order valence-electron chi connectivity index (χ1n) is 11.6. The third kappa shape index (κ3) is 4.54. The van der Waals surface area contributed by atoms with Crippen molar-refractivity contribution in [3.05, 3.63) is 24.5 Å². The quantitative estimate of drug-likeness (QED) is 0.683. The maximum absolute atomic E-state index is 11.8. The normalized spacial score (nSPS) is 27.8. The number of rotatable bonds is 5. The Kier molecular flexibility index (Phi) is 5.80. The van der Waals surface area contributed by atoms with Crippen molar-refractivity contribution in [1.82, 2.24) is 20.6 Å². The molecule has 3 heterocycles. The topological polar surface area (TPSA) is 91.4 Å². The third-order valence-electron chi connectivity index (χ3n) is 6.73. The van der Waals surface area contributed by atoms with Crippen LogP contribution in [0.1, 0.15) is 45.4 Å². The fourth-order valence-electron chi connectivity index (χ4n) is 5.18. The van der Waals surface area contributed by atoms with Crippen LogP contribution >= 0.6 is 0 Å². The Bertz CT molecular complexity index is 917. The molecule has 8 nitrogen and oxygen atoms in total. The highest BCUT2D eigenvalue weighted by Gasteiger charge is 2.34. The lowest BCUT2D eigenvalue weighted by Gasteiger charge is -2.34. The highest BCUT2D eigenvalue weighted by molar-refractivity contribution is 5.91. The molecule has 1 saturated carbocycles. The Morgan fingerprint density at radius 2 is 1.74 bits per heavy atom. The molecule has 5 rings (SSSR count). The molecule has 0 radical (unpaired) electrons. The first-order valence-corrected chi connectivity index (χ1v) is 11.6. The van der Waals surface area contributed by atoms with Crippen LogP contribution in [0.3, 0.4) is 0 Å². The SMILES string of the molecule is CCNC(=O)NC1CCC(Nc2cc(N3CC4CCC(C3)O4)cc3nccnc23)CC1. The number of nitrogens with one attached hydrogen (secondary N) is 3. The highest BCUT2D eigenvalue weighted by Crippen LogP contribution is 2.34. The number of fused-ring (bicyclic) bond motifs is 3. The van der Waals surface area contributed by atoms with E-state index in [0.29, 0.717) is 24.8 Å². The minimum Gasteiger partial charge on any atom is -0.380 e. The maximum atomic E-state index is 11.8. The van der Waals surface area contributed by atoms with Crippen molar-refractivity contribution in [3.63, 3.8) is 0 Å². The van der Waals surface area contributed by atoms with Crippen LogP contribution in [0.25, 0.3) is 11.0 Å². The minimum atomic E-state index is -0.0626. The van der Waals surface area contributed by atoms with Crippen molar-refractivity contribution in [2.45, 2.75) is 69.7 Å². The largest absolute Gasteiger partial charge is 0.380 e. The second kappa shape index (κ2) is 8.86. The van der Waals surface area contributed by atoms with Crippen LogP contribution < -0.4 is 20.9 Å². The number of carbonyl (C=O) groups is 1. The van der Waals surface area contributed by atoms with Crippen molar-refractivity contribution in [2.24, 2.45) is 0 Å². The molecule has 2 atom stereocenters. The molecule has 2 aromatic rings. The van der Waals surface area contributed by atoms with Gasteiger partial charge in [0.1, 0.15) is 5.52 Å². The van der Waals surface area contributed by atoms with Gasteiger partial charge >= 0.3 is 6.03 Å². The standard InChI is InChI=1S/C23H32N6O2/c1-2-24-23(30)28-16-5-3-15(4-6-16)27-21-12-17(11-20-22(21)26-10-9-25-20)29-13-18-7-8-19(14-29)31-18/h9-12,15-16,18-19,27H,2-8,13-14H2,1H3,(H2,24,28,30). The van der Waals surface area contributed by atoms with Crippen molar-refractivity contribution in [2.75, 3.05) is 29.9 Å². The molecule has 1 aromatic heterocycles. The van der Waals surface area contributed by atoms with Crippen LogP contribution in [0.2, 0.25) is 0 Å². The number of anilines is 2. The zero-order valence-corrected chi connectivity index (χ0v) is 18.1. The molecule has 2 saturated heterocycles. The predicted molar refractivity (Wildman–Crippen MR) is 122 cm³/mol. The van der Waals surface area contributed by atoms with Gasteiger partial charge in [-0.25, -0.2) is 4.79 Å². The molecule has 1 aliphatic carbocycles. The number of carbonyl (C=O) groups excluding carboxylic acids is 1. The number of aromatic nitrogens is 2. The molecule has 2 bridgehead atoms. The molecule has 2 unspecified atom stereocenters. The molecular weight excluding hydrogens is 392 g/mol. The van der Waals surface area contributed by atoms with E-state index >= 15 is 0 Å². The van der Waals surface area contributed by atoms with E-state index in [2.05, 4.69) is 43.0 Å². The predicted octanol–water partition coefficient (Wildman–Crippen LogP) is 3.04. The zero-order chi connectivity index (χ0) is 21.2. The van der Waals surface area contributed by atoms with Gasteiger partial charge in [0.25, 0.3) is 0 Å². The van der Waals surface area contributed by atoms with Gasteiger partial charge in [-0.2, -0.15) is 0 Å². The minimum absolute atomic E-state index is 0.0626. The summed E-state index contributed by atoms with van der Waals surface area (Å²) in [5.41, 5.74) is 4.10. The van der Waals surface area contributed by atoms with Crippen LogP contribution in [0.4, 0.5) is 16.2 Å². The number of ether oxygens (including phenoxy) is 1. The van der Waals surface area contributed by atoms with Gasteiger partial charge in [0.2, 0.25) is 0 Å². The zero-order valence-electron chi connectivity index (χ0n) is 18.1. The first-order chi connectivity index (χ1) is 15.2. The summed E-state index contributed by atoms with van der Waals surface area (Å²) < 4.78 is 6.02. The number of hydrogen-bond acceptors (Lipinski definition) is 6. The number of urea groups is 1. The summed E-state index contributed by atoms with van der Waals surface area (Å²) in [4.78, 5) is 23.5. The molecule has 1 aromatic carbocycles. The van der Waals surface area contributed by atoms with E-state index in [0.717, 1.165) is 68.3 Å². The van der Waals surface area contributed by atoms with Crippen molar-refractivity contribution >= 4 is 28.4 Å². The van der Waals surface area contributed by atoms with Crippen molar-refractivity contribution < 1.29 is 9.53 Å². The fraction of sp³-hybridized carbons (Fsp3) is 0.609. The Hall–Kier alpha value is -2.61. The van der Waals surface area contributed by atoms with E-state index in [1.54, 1.807) is 12.4 Å². The fourth-order valence-corrected chi connectivity index (χ4v) is 5.18. The van der Waals surface area contributed by atoms with Crippen LogP contribution in [-0.2, 0) is 4.74 Å². The van der Waals surface area contributed by atoms with Crippen LogP contribution in [-0.4, -0.2) is 59.9 Å². The molecule has 3 N–H and O–H groups in total. The van der Waals surface area contributed by atoms with E-state index in [1.807, 2.05) is 6.92 Å². The van der Waals surface area contributed by atoms with Crippen molar-refractivity contribution in [3.8, 4) is 0 Å². The van der Waals surface area contributed by atoms with E-state index in [1.165, 1.54) is 5.69 Å². The van der Waals surface area contributed by atoms with Gasteiger partial charge in [-0.15, -0.1) is 0 Å². The monoisotopic (exact) mass is 424 g/mol. The lowest BCUT2D eigenvalue weighted by molar-refractivity contribution is 0.0305. The van der Waals surface area contributed by atoms with Gasteiger partial charge in [0.05, 0.1) is 23.4 Å². The van der Waals surface area contributed by atoms with Crippen LogP contribution in [0, 0.1) is 0 Å². The Labute approximate surface area is 183 Å². The van der Waals surface area contributed by atoms with Gasteiger partial charge < -0.3 is 25.6 Å². The lowest BCUT2D eigenvalue weighted by Crippen LogP contribution is -2.44. The summed E-state index contributed by atoms with van der Waals surface area (Å²) in [5, 5.41) is 9.65. The number of benzene rings is 1. The first kappa shape index (κ1) is 20.3. The van der Waals surface area contributed by atoms with Gasteiger partial charge in [0.15, 0.2) is 0 Å². The summed E-state index contributed by atoms with van der Waals surface area (Å²) >= 11 is 0. The average Bonchev–Trinajstić information content (AvgIpc) is 3.12. The molecule has 3 fully saturated rings. The van der Waals surface area contributed by atoms with Crippen LogP contribution in [0.15, 0.2) is 24.5 Å². The highest BCUT2D eigenvalue weighted by atomic mass is 16.5. The smallest absolute Gasteiger partial charge is 0.314 e. The Morgan fingerprint density at radius 1 is 1.03 bits per heavy atom. The molecular formula is C23H32N6O2. The summed E-state index contributed by atoms with van der Waals surface area (Å²) in [6.45, 7) is 4.47. The second-order valence-corrected chi connectivity index (χ2v) is 8.98. The number of amides is 2. The maximum Gasteiger partial charge on any atom is 0.314 e. The summed E-state index contributed by atoms with van der Waals surface area (Å²) in [6, 6.07) is 4.95. The Balaban J connectivity index is 1.30. The summed E-state index contributed by atoms with van der Waals surface area (Å²) in [6.07, 6.45) is 10.5. The van der Waals surface area contributed by atoms with E-state index in [9.17, 15) is 4.79 Å². The van der Waals surface area contributed by atoms with E-state index < -0.39 is 0 Å². The second-order valence-electron chi connectivity index (χ2n) is 8.98. The van der Waals surface area contributed by atoms with Gasteiger partial charge in [-0.05, 0) is 57.6 Å². The molecule has 0 spiro atoms. The molecule has 8 heteroatoms. The third-order valence-corrected chi connectivity index (χ3v) is 6.73. The average molecular weight is 425 g/mol. The molecule has 166 valence electrons. The molecule has 3 aliphatic rings. The summed E-state index contributed by atoms with van der Waals surface area (Å²) in [7, 11) is 0. The van der Waals surface area contributed by atoms with E-state index in [4.69, 9.17) is 4.74 Å². The molecule has 2 amide bonds. The van der Waals surface area contributed by atoms with Gasteiger partial charge in [-0.1, -0.05) is 0 Å². The Morgan fingerprint density at radius 3 is 2.48 bits per heavy atom. The van der Waals surface area contributed by atoms with Crippen LogP contribution in [0.5, 0.6) is 0 Å². The number of hydrogen-bond donors (Lipinski definition) is 3. The molecule has 2 aliphatic heterocycles. The van der Waals surface area contributed by atoms with Crippen molar-refractivity contribution in [1.29, 1.82) is 0 Å². The van der Waals surface area contributed by atoms with E-state index in [-0.39, 0.29) is 12.1 Å². The van der Waals surface area contributed by atoms with Gasteiger partial charge in [-0.3, -0.25) is 9.97 Å². The summed E-state index contributed by atoms with van der Waals surface area (Å²) in [5.74, 6) is 0. The molecule has 31 heavy (non-hydrogen) atoms. The lowest BCUT2D eigenvalue weighted by atomic mass is 9.91. The van der Waals surface area contributed by atoms with Gasteiger partial charge in [0, 0.05) is 49.8 Å². The number of morpholine rings is 1. The number of nitrogens with zero attached hydrogens (tertiary/aromatic N) is 3.